The number of hydrogen-bond donors (Lipinski definition) is 5. The maximum atomic E-state index is 13.0. The van der Waals surface area contributed by atoms with Crippen LogP contribution in [-0.4, -0.2) is 54.6 Å². The summed E-state index contributed by atoms with van der Waals surface area (Å²) in [5.74, 6) is -2.76. The standard InChI is InChI=1S/C23H30N6O6/c1-14(27-19(31)10-11-24)18(30)13-15(3-2-12-26-23(25)35)22(34)28-16-4-6-17(7-5-16)29-20(32)8-9-21(29)33/h4-9,14-15H,2-3,10-13,24H2,1H3,(H,27,31)(H,28,34)(H3,25,26,35)/t14-,15+/m0/s1. The van der Waals surface area contributed by atoms with Crippen molar-refractivity contribution in [3.05, 3.63) is 36.4 Å². The van der Waals surface area contributed by atoms with Crippen LogP contribution in [0.25, 0.3) is 0 Å². The van der Waals surface area contributed by atoms with E-state index in [9.17, 15) is 28.8 Å². The van der Waals surface area contributed by atoms with E-state index in [-0.39, 0.29) is 44.0 Å². The van der Waals surface area contributed by atoms with E-state index in [0.29, 0.717) is 17.8 Å². The fourth-order valence-electron chi connectivity index (χ4n) is 3.42. The highest BCUT2D eigenvalue weighted by Gasteiger charge is 2.27. The molecule has 0 fully saturated rings. The van der Waals surface area contributed by atoms with E-state index < -0.39 is 35.7 Å². The molecule has 0 spiro atoms. The normalized spacial score (nSPS) is 14.4. The maximum absolute atomic E-state index is 13.0. The molecule has 7 N–H and O–H groups in total. The van der Waals surface area contributed by atoms with E-state index >= 15 is 0 Å². The predicted molar refractivity (Wildman–Crippen MR) is 128 cm³/mol. The summed E-state index contributed by atoms with van der Waals surface area (Å²) < 4.78 is 0. The zero-order chi connectivity index (χ0) is 26.0. The average molecular weight is 487 g/mol. The molecule has 6 amide bonds. The number of nitrogens with two attached hydrogens (primary N) is 2. The van der Waals surface area contributed by atoms with Gasteiger partial charge in [0.15, 0.2) is 5.78 Å². The van der Waals surface area contributed by atoms with Crippen molar-refractivity contribution in [2.45, 2.75) is 38.6 Å². The number of hydrogen-bond acceptors (Lipinski definition) is 7. The second-order valence-electron chi connectivity index (χ2n) is 8.01. The lowest BCUT2D eigenvalue weighted by Gasteiger charge is -2.20. The number of carbonyl (C=O) groups is 6. The summed E-state index contributed by atoms with van der Waals surface area (Å²) in [6.07, 6.45) is 2.97. The van der Waals surface area contributed by atoms with Crippen LogP contribution in [0.1, 0.15) is 32.6 Å². The topological polar surface area (TPSA) is 194 Å². The molecule has 2 atom stereocenters. The Morgan fingerprint density at radius 2 is 1.66 bits per heavy atom. The SMILES string of the molecule is C[C@H](NC(=O)CCN)C(=O)C[C@@H](CCCNC(N)=O)C(=O)Nc1ccc(N2C(=O)C=CC2=O)cc1. The number of rotatable bonds is 13. The number of benzene rings is 1. The molecule has 0 saturated carbocycles. The molecule has 1 aliphatic rings. The van der Waals surface area contributed by atoms with E-state index in [1.165, 1.54) is 43.3 Å². The van der Waals surface area contributed by atoms with Crippen LogP contribution in [0.4, 0.5) is 16.2 Å². The van der Waals surface area contributed by atoms with Gasteiger partial charge in [-0.05, 0) is 44.0 Å². The quantitative estimate of drug-likeness (QED) is 0.190. The van der Waals surface area contributed by atoms with Gasteiger partial charge in [0.2, 0.25) is 11.8 Å². The molecule has 0 aromatic heterocycles. The third-order valence-electron chi connectivity index (χ3n) is 5.28. The Morgan fingerprint density at radius 1 is 1.03 bits per heavy atom. The minimum atomic E-state index is -0.795. The van der Waals surface area contributed by atoms with Crippen LogP contribution in [0.5, 0.6) is 0 Å². The van der Waals surface area contributed by atoms with E-state index in [1.54, 1.807) is 0 Å². The summed E-state index contributed by atoms with van der Waals surface area (Å²) in [5, 5.41) is 7.72. The molecule has 0 saturated heterocycles. The molecular weight excluding hydrogens is 456 g/mol. The number of carbonyl (C=O) groups excluding carboxylic acids is 6. The van der Waals surface area contributed by atoms with Crippen molar-refractivity contribution in [1.82, 2.24) is 10.6 Å². The minimum Gasteiger partial charge on any atom is -0.352 e. The number of ketones is 1. The van der Waals surface area contributed by atoms with Crippen LogP contribution in [0.2, 0.25) is 0 Å². The van der Waals surface area contributed by atoms with Crippen LogP contribution in [0.3, 0.4) is 0 Å². The average Bonchev–Trinajstić information content (AvgIpc) is 3.14. The molecule has 0 aliphatic carbocycles. The van der Waals surface area contributed by atoms with E-state index in [4.69, 9.17) is 11.5 Å². The molecule has 1 aliphatic heterocycles. The molecule has 1 heterocycles. The van der Waals surface area contributed by atoms with Crippen molar-refractivity contribution in [3.63, 3.8) is 0 Å². The Balaban J connectivity index is 2.04. The first-order valence-corrected chi connectivity index (χ1v) is 11.1. The molecule has 0 unspecified atom stereocenters. The Labute approximate surface area is 202 Å². The van der Waals surface area contributed by atoms with Crippen molar-refractivity contribution < 1.29 is 28.8 Å². The van der Waals surface area contributed by atoms with E-state index in [1.807, 2.05) is 0 Å². The van der Waals surface area contributed by atoms with Gasteiger partial charge in [0.05, 0.1) is 11.7 Å². The molecular formula is C23H30N6O6. The lowest BCUT2D eigenvalue weighted by molar-refractivity contribution is -0.129. The van der Waals surface area contributed by atoms with Gasteiger partial charge in [0.1, 0.15) is 0 Å². The van der Waals surface area contributed by atoms with Crippen molar-refractivity contribution in [1.29, 1.82) is 0 Å². The predicted octanol–water partition coefficient (Wildman–Crippen LogP) is -0.0681. The molecule has 2 rings (SSSR count). The summed E-state index contributed by atoms with van der Waals surface area (Å²) in [6, 6.07) is 4.62. The number of urea groups is 1. The highest BCUT2D eigenvalue weighted by molar-refractivity contribution is 6.28. The zero-order valence-electron chi connectivity index (χ0n) is 19.4. The largest absolute Gasteiger partial charge is 0.352 e. The molecule has 0 radical (unpaired) electrons. The minimum absolute atomic E-state index is 0.0843. The van der Waals surface area contributed by atoms with Crippen molar-refractivity contribution in [3.8, 4) is 0 Å². The first-order chi connectivity index (χ1) is 16.6. The number of amides is 6. The highest BCUT2D eigenvalue weighted by atomic mass is 16.2. The molecule has 1 aromatic rings. The van der Waals surface area contributed by atoms with Crippen LogP contribution in [0.15, 0.2) is 36.4 Å². The highest BCUT2D eigenvalue weighted by Crippen LogP contribution is 2.22. The number of anilines is 2. The lowest BCUT2D eigenvalue weighted by Crippen LogP contribution is -2.41. The monoisotopic (exact) mass is 486 g/mol. The molecule has 12 heteroatoms. The second kappa shape index (κ2) is 13.0. The van der Waals surface area contributed by atoms with Gasteiger partial charge in [-0.3, -0.25) is 24.0 Å². The summed E-state index contributed by atoms with van der Waals surface area (Å²) in [7, 11) is 0. The fraction of sp³-hybridized carbons (Fsp3) is 0.391. The smallest absolute Gasteiger partial charge is 0.312 e. The molecule has 188 valence electrons. The van der Waals surface area contributed by atoms with Gasteiger partial charge in [-0.2, -0.15) is 0 Å². The summed E-state index contributed by atoms with van der Waals surface area (Å²) >= 11 is 0. The lowest BCUT2D eigenvalue weighted by atomic mass is 9.93. The summed E-state index contributed by atoms with van der Waals surface area (Å²) in [4.78, 5) is 72.9. The first-order valence-electron chi connectivity index (χ1n) is 11.1. The van der Waals surface area contributed by atoms with Crippen LogP contribution < -0.4 is 32.3 Å². The van der Waals surface area contributed by atoms with E-state index in [0.717, 1.165) is 4.90 Å². The van der Waals surface area contributed by atoms with Crippen LogP contribution in [0, 0.1) is 5.92 Å². The maximum Gasteiger partial charge on any atom is 0.312 e. The first kappa shape index (κ1) is 27.2. The summed E-state index contributed by atoms with van der Waals surface area (Å²) in [6.45, 7) is 1.92. The van der Waals surface area contributed by atoms with Crippen molar-refractivity contribution >= 4 is 46.8 Å². The molecule has 35 heavy (non-hydrogen) atoms. The third kappa shape index (κ3) is 8.34. The van der Waals surface area contributed by atoms with Gasteiger partial charge in [-0.25, -0.2) is 9.69 Å². The number of Topliss-reactive ketones (excluding diaryl/α,β-unsaturated/α-hetero) is 1. The molecule has 1 aromatic carbocycles. The Kier molecular flexibility index (Phi) is 10.1. The number of nitrogens with zero attached hydrogens (tertiary/aromatic N) is 1. The van der Waals surface area contributed by atoms with E-state index in [2.05, 4.69) is 16.0 Å². The third-order valence-corrected chi connectivity index (χ3v) is 5.28. The number of imide groups is 1. The second-order valence-corrected chi connectivity index (χ2v) is 8.01. The number of nitrogens with one attached hydrogen (secondary N) is 3. The Hall–Kier alpha value is -4.06. The zero-order valence-corrected chi connectivity index (χ0v) is 19.4. The van der Waals surface area contributed by atoms with Gasteiger partial charge < -0.3 is 27.4 Å². The summed E-state index contributed by atoms with van der Waals surface area (Å²) in [5.41, 5.74) is 11.2. The number of primary amides is 1. The van der Waals surface area contributed by atoms with Gasteiger partial charge in [0, 0.05) is 49.7 Å². The molecule has 0 bridgehead atoms. The van der Waals surface area contributed by atoms with Gasteiger partial charge in [0.25, 0.3) is 11.8 Å². The Bertz CT molecular complexity index is 988. The Morgan fingerprint density at radius 3 is 2.23 bits per heavy atom. The van der Waals surface area contributed by atoms with Crippen LogP contribution >= 0.6 is 0 Å². The van der Waals surface area contributed by atoms with Crippen LogP contribution in [-0.2, 0) is 24.0 Å². The van der Waals surface area contributed by atoms with Gasteiger partial charge in [-0.1, -0.05) is 0 Å². The van der Waals surface area contributed by atoms with Gasteiger partial charge in [-0.15, -0.1) is 0 Å². The fourth-order valence-corrected chi connectivity index (χ4v) is 3.42. The van der Waals surface area contributed by atoms with Gasteiger partial charge >= 0.3 is 6.03 Å². The van der Waals surface area contributed by atoms with Crippen molar-refractivity contribution in [2.75, 3.05) is 23.3 Å². The molecule has 12 nitrogen and oxygen atoms in total. The van der Waals surface area contributed by atoms with Crippen molar-refractivity contribution in [2.24, 2.45) is 17.4 Å².